The lowest BCUT2D eigenvalue weighted by Crippen LogP contribution is -2.04. The lowest BCUT2D eigenvalue weighted by Gasteiger charge is -2.10. The van der Waals surface area contributed by atoms with Crippen molar-refractivity contribution in [1.29, 1.82) is 0 Å². The van der Waals surface area contributed by atoms with E-state index < -0.39 is 0 Å². The molecule has 0 radical (unpaired) electrons. The van der Waals surface area contributed by atoms with Gasteiger partial charge in [-0.3, -0.25) is 0 Å². The quantitative estimate of drug-likeness (QED) is 0.838. The molecule has 1 aromatic carbocycles. The summed E-state index contributed by atoms with van der Waals surface area (Å²) < 4.78 is 10.9. The second-order valence-electron chi connectivity index (χ2n) is 4.64. The molecule has 2 rings (SSSR count). The number of hydrogen-bond acceptors (Lipinski definition) is 5. The molecule has 1 heterocycles. The molecule has 0 saturated heterocycles. The first kappa shape index (κ1) is 15.3. The Balaban J connectivity index is 2.04. The van der Waals surface area contributed by atoms with Crippen LogP contribution in [0, 0.1) is 13.8 Å². The third-order valence-electron chi connectivity index (χ3n) is 2.88. The SMILES string of the molecule is CCCNc1snnc1COc1cc(C)c(Br)c(C)c1. The number of anilines is 1. The van der Waals surface area contributed by atoms with Gasteiger partial charge in [-0.05, 0) is 43.5 Å². The van der Waals surface area contributed by atoms with Crippen LogP contribution in [-0.4, -0.2) is 16.1 Å². The maximum Gasteiger partial charge on any atom is 0.136 e. The number of aryl methyl sites for hydroxylation is 2. The molecular formula is C14H18BrN3OS. The van der Waals surface area contributed by atoms with Gasteiger partial charge in [0.05, 0.1) is 0 Å². The smallest absolute Gasteiger partial charge is 0.136 e. The summed E-state index contributed by atoms with van der Waals surface area (Å²) in [5.74, 6) is 0.859. The fraction of sp³-hybridized carbons (Fsp3) is 0.429. The highest BCUT2D eigenvalue weighted by molar-refractivity contribution is 9.10. The maximum absolute atomic E-state index is 5.83. The second kappa shape index (κ2) is 7.04. The van der Waals surface area contributed by atoms with Crippen molar-refractivity contribution in [3.63, 3.8) is 0 Å². The van der Waals surface area contributed by atoms with E-state index in [9.17, 15) is 0 Å². The topological polar surface area (TPSA) is 47.0 Å². The van der Waals surface area contributed by atoms with Crippen LogP contribution in [0.25, 0.3) is 0 Å². The molecule has 108 valence electrons. The molecular weight excluding hydrogens is 338 g/mol. The Morgan fingerprint density at radius 2 is 2.00 bits per heavy atom. The molecule has 2 aromatic rings. The Morgan fingerprint density at radius 3 is 2.65 bits per heavy atom. The monoisotopic (exact) mass is 355 g/mol. The minimum absolute atomic E-state index is 0.434. The number of benzene rings is 1. The van der Waals surface area contributed by atoms with Crippen molar-refractivity contribution in [2.24, 2.45) is 0 Å². The first-order valence-electron chi connectivity index (χ1n) is 6.56. The number of halogens is 1. The van der Waals surface area contributed by atoms with E-state index in [0.29, 0.717) is 6.61 Å². The molecule has 0 bridgehead atoms. The summed E-state index contributed by atoms with van der Waals surface area (Å²) >= 11 is 4.93. The second-order valence-corrected chi connectivity index (χ2v) is 6.18. The first-order valence-corrected chi connectivity index (χ1v) is 8.13. The molecule has 6 heteroatoms. The van der Waals surface area contributed by atoms with Gasteiger partial charge in [0.1, 0.15) is 23.1 Å². The lowest BCUT2D eigenvalue weighted by molar-refractivity contribution is 0.301. The summed E-state index contributed by atoms with van der Waals surface area (Å²) in [4.78, 5) is 0. The minimum atomic E-state index is 0.434. The van der Waals surface area contributed by atoms with E-state index in [1.807, 2.05) is 12.1 Å². The van der Waals surface area contributed by atoms with Crippen LogP contribution in [0.3, 0.4) is 0 Å². The zero-order chi connectivity index (χ0) is 14.5. The number of rotatable bonds is 6. The van der Waals surface area contributed by atoms with Crippen LogP contribution in [0.1, 0.15) is 30.2 Å². The summed E-state index contributed by atoms with van der Waals surface area (Å²) in [5.41, 5.74) is 3.20. The highest BCUT2D eigenvalue weighted by Gasteiger charge is 2.09. The average Bonchev–Trinajstić information content (AvgIpc) is 2.87. The van der Waals surface area contributed by atoms with Crippen molar-refractivity contribution in [3.05, 3.63) is 33.4 Å². The highest BCUT2D eigenvalue weighted by Crippen LogP contribution is 2.27. The van der Waals surface area contributed by atoms with E-state index in [0.717, 1.165) is 33.9 Å². The number of ether oxygens (including phenoxy) is 1. The molecule has 1 N–H and O–H groups in total. The number of aromatic nitrogens is 2. The average molecular weight is 356 g/mol. The summed E-state index contributed by atoms with van der Waals surface area (Å²) in [7, 11) is 0. The molecule has 0 unspecified atom stereocenters. The maximum atomic E-state index is 5.83. The summed E-state index contributed by atoms with van der Waals surface area (Å²) in [6.45, 7) is 7.60. The van der Waals surface area contributed by atoms with E-state index in [2.05, 4.69) is 51.6 Å². The Kier molecular flexibility index (Phi) is 5.37. The summed E-state index contributed by atoms with van der Waals surface area (Å²) in [5, 5.41) is 8.43. The van der Waals surface area contributed by atoms with Crippen LogP contribution in [0.4, 0.5) is 5.00 Å². The molecule has 0 amide bonds. The van der Waals surface area contributed by atoms with Crippen LogP contribution in [0.2, 0.25) is 0 Å². The largest absolute Gasteiger partial charge is 0.487 e. The Bertz CT molecular complexity index is 563. The van der Waals surface area contributed by atoms with E-state index in [4.69, 9.17) is 4.74 Å². The first-order chi connectivity index (χ1) is 9.61. The number of nitrogens with zero attached hydrogens (tertiary/aromatic N) is 2. The van der Waals surface area contributed by atoms with Gasteiger partial charge < -0.3 is 10.1 Å². The van der Waals surface area contributed by atoms with Gasteiger partial charge in [0.25, 0.3) is 0 Å². The van der Waals surface area contributed by atoms with Crippen molar-refractivity contribution in [2.45, 2.75) is 33.8 Å². The minimum Gasteiger partial charge on any atom is -0.487 e. The molecule has 4 nitrogen and oxygen atoms in total. The van der Waals surface area contributed by atoms with Crippen molar-refractivity contribution in [3.8, 4) is 5.75 Å². The van der Waals surface area contributed by atoms with E-state index in [1.54, 1.807) is 0 Å². The number of hydrogen-bond donors (Lipinski definition) is 1. The van der Waals surface area contributed by atoms with Crippen LogP contribution >= 0.6 is 27.5 Å². The van der Waals surface area contributed by atoms with Gasteiger partial charge in [-0.25, -0.2) is 0 Å². The number of nitrogens with one attached hydrogen (secondary N) is 1. The molecule has 0 atom stereocenters. The molecule has 0 aliphatic heterocycles. The normalized spacial score (nSPS) is 10.6. The van der Waals surface area contributed by atoms with Gasteiger partial charge >= 0.3 is 0 Å². The third kappa shape index (κ3) is 3.70. The lowest BCUT2D eigenvalue weighted by atomic mass is 10.1. The van der Waals surface area contributed by atoms with Crippen molar-refractivity contribution < 1.29 is 4.74 Å². The van der Waals surface area contributed by atoms with Gasteiger partial charge in [-0.1, -0.05) is 27.3 Å². The highest BCUT2D eigenvalue weighted by atomic mass is 79.9. The zero-order valence-electron chi connectivity index (χ0n) is 11.9. The van der Waals surface area contributed by atoms with Crippen LogP contribution < -0.4 is 10.1 Å². The van der Waals surface area contributed by atoms with Gasteiger partial charge in [-0.2, -0.15) is 0 Å². The third-order valence-corrected chi connectivity index (χ3v) is 4.85. The van der Waals surface area contributed by atoms with Gasteiger partial charge in [0, 0.05) is 22.5 Å². The van der Waals surface area contributed by atoms with E-state index >= 15 is 0 Å². The molecule has 20 heavy (non-hydrogen) atoms. The summed E-state index contributed by atoms with van der Waals surface area (Å²) in [6, 6.07) is 4.05. The molecule has 0 saturated carbocycles. The summed E-state index contributed by atoms with van der Waals surface area (Å²) in [6.07, 6.45) is 1.07. The van der Waals surface area contributed by atoms with Gasteiger partial charge in [-0.15, -0.1) is 5.10 Å². The van der Waals surface area contributed by atoms with Crippen LogP contribution in [0.15, 0.2) is 16.6 Å². The predicted octanol–water partition coefficient (Wildman–Crippen LogP) is 4.32. The van der Waals surface area contributed by atoms with Crippen molar-refractivity contribution >= 4 is 32.5 Å². The Morgan fingerprint density at radius 1 is 1.30 bits per heavy atom. The fourth-order valence-electron chi connectivity index (χ4n) is 1.82. The van der Waals surface area contributed by atoms with E-state index in [1.165, 1.54) is 22.7 Å². The molecule has 1 aromatic heterocycles. The molecule has 0 aliphatic rings. The predicted molar refractivity (Wildman–Crippen MR) is 86.6 cm³/mol. The molecule has 0 spiro atoms. The Labute approximate surface area is 131 Å². The van der Waals surface area contributed by atoms with Gasteiger partial charge in [0.15, 0.2) is 0 Å². The fourth-order valence-corrected chi connectivity index (χ4v) is 2.64. The van der Waals surface area contributed by atoms with Crippen molar-refractivity contribution in [1.82, 2.24) is 9.59 Å². The molecule has 0 aliphatic carbocycles. The molecule has 0 fully saturated rings. The van der Waals surface area contributed by atoms with Crippen LogP contribution in [0.5, 0.6) is 5.75 Å². The zero-order valence-corrected chi connectivity index (χ0v) is 14.3. The van der Waals surface area contributed by atoms with Crippen LogP contribution in [-0.2, 0) is 6.61 Å². The Hall–Kier alpha value is -1.14. The standard InChI is InChI=1S/C14H18BrN3OS/c1-4-5-16-14-12(17-18-20-14)8-19-11-6-9(2)13(15)10(3)7-11/h6-7,16H,4-5,8H2,1-3H3. The van der Waals surface area contributed by atoms with Crippen molar-refractivity contribution in [2.75, 3.05) is 11.9 Å². The van der Waals surface area contributed by atoms with E-state index in [-0.39, 0.29) is 0 Å². The van der Waals surface area contributed by atoms with Gasteiger partial charge in [0.2, 0.25) is 0 Å².